The molecule has 27 heavy (non-hydrogen) atoms. The number of carbonyl (C=O) groups is 1. The molecule has 2 atom stereocenters. The molecule has 12 heteroatoms. The van der Waals surface area contributed by atoms with Crippen molar-refractivity contribution in [3.63, 3.8) is 0 Å². The quantitative estimate of drug-likeness (QED) is 0.770. The number of piperidine rings is 1. The normalized spacial score (nSPS) is 25.0. The van der Waals surface area contributed by atoms with Gasteiger partial charge >= 0.3 is 17.8 Å². The van der Waals surface area contributed by atoms with Crippen LogP contribution in [-0.4, -0.2) is 48.2 Å². The van der Waals surface area contributed by atoms with Crippen molar-refractivity contribution in [2.75, 3.05) is 0 Å². The van der Waals surface area contributed by atoms with Crippen LogP contribution in [0.15, 0.2) is 15.9 Å². The third-order valence-corrected chi connectivity index (χ3v) is 5.30. The number of fused-ring (bicyclic) bond motifs is 3. The van der Waals surface area contributed by atoms with E-state index in [9.17, 15) is 32.8 Å². The van der Waals surface area contributed by atoms with Crippen LogP contribution in [-0.2, 0) is 4.79 Å². The lowest BCUT2D eigenvalue weighted by atomic mass is 9.97. The molecule has 2 aromatic heterocycles. The lowest BCUT2D eigenvalue weighted by Gasteiger charge is -2.39. The number of carbonyl (C=O) groups excluding carboxylic acids is 1. The van der Waals surface area contributed by atoms with E-state index in [1.54, 1.807) is 6.19 Å². The van der Waals surface area contributed by atoms with E-state index in [4.69, 9.17) is 0 Å². The summed E-state index contributed by atoms with van der Waals surface area (Å²) >= 11 is 0. The van der Waals surface area contributed by atoms with Crippen LogP contribution in [0.25, 0.3) is 11.2 Å². The smallest absolute Gasteiger partial charge is 0.329 e. The number of aromatic amines is 1. The average molecular weight is 382 g/mol. The van der Waals surface area contributed by atoms with E-state index >= 15 is 0 Å². The number of H-pyrrole nitrogens is 1. The Bertz CT molecular complexity index is 1080. The first-order valence-corrected chi connectivity index (χ1v) is 8.24. The molecule has 0 aromatic carbocycles. The van der Waals surface area contributed by atoms with Gasteiger partial charge in [0.05, 0.1) is 6.33 Å². The molecule has 1 amide bonds. The molecule has 2 aromatic rings. The number of nitrogens with zero attached hydrogens (tertiary/aromatic N) is 5. The second-order valence-corrected chi connectivity index (χ2v) is 6.74. The highest BCUT2D eigenvalue weighted by Crippen LogP contribution is 2.43. The number of rotatable bonds is 1. The van der Waals surface area contributed by atoms with Gasteiger partial charge in [-0.25, -0.2) is 9.78 Å². The third-order valence-electron chi connectivity index (χ3n) is 5.30. The fraction of sp³-hybridized carbons (Fsp3) is 0.533. The van der Waals surface area contributed by atoms with E-state index in [2.05, 4.69) is 4.98 Å². The number of hydrogen-bond donors (Lipinski definition) is 1. The summed E-state index contributed by atoms with van der Waals surface area (Å²) in [6.07, 6.45) is -0.618. The lowest BCUT2D eigenvalue weighted by Crippen LogP contribution is -2.51. The summed E-state index contributed by atoms with van der Waals surface area (Å²) in [5.41, 5.74) is -1.75. The van der Waals surface area contributed by atoms with E-state index < -0.39 is 35.4 Å². The first-order chi connectivity index (χ1) is 12.7. The maximum absolute atomic E-state index is 12.9. The zero-order valence-electron chi connectivity index (χ0n) is 13.7. The third kappa shape index (κ3) is 2.53. The molecule has 2 saturated heterocycles. The number of halogens is 3. The maximum atomic E-state index is 12.9. The lowest BCUT2D eigenvalue weighted by molar-refractivity contribution is -0.190. The van der Waals surface area contributed by atoms with Crippen LogP contribution in [0.1, 0.15) is 31.7 Å². The van der Waals surface area contributed by atoms with Crippen LogP contribution in [0.2, 0.25) is 0 Å². The van der Waals surface area contributed by atoms with E-state index in [0.29, 0.717) is 17.4 Å². The minimum atomic E-state index is -4.93. The summed E-state index contributed by atoms with van der Waals surface area (Å²) in [7, 11) is 0. The van der Waals surface area contributed by atoms with Gasteiger partial charge in [-0.1, -0.05) is 0 Å². The highest BCUT2D eigenvalue weighted by molar-refractivity contribution is 5.83. The molecular formula is C15H13F3N6O3. The molecule has 9 nitrogen and oxygen atoms in total. The minimum Gasteiger partial charge on any atom is -0.329 e. The fourth-order valence-electron chi connectivity index (χ4n) is 4.26. The molecule has 142 valence electrons. The van der Waals surface area contributed by atoms with Crippen LogP contribution in [0.3, 0.4) is 0 Å². The van der Waals surface area contributed by atoms with Crippen LogP contribution < -0.4 is 11.2 Å². The molecule has 1 N–H and O–H groups in total. The molecule has 4 heterocycles. The van der Waals surface area contributed by atoms with E-state index in [0.717, 1.165) is 4.90 Å². The van der Waals surface area contributed by atoms with Gasteiger partial charge in [0, 0.05) is 18.1 Å². The van der Waals surface area contributed by atoms with Crippen molar-refractivity contribution in [1.29, 1.82) is 5.26 Å². The van der Waals surface area contributed by atoms with Crippen molar-refractivity contribution in [1.82, 2.24) is 24.0 Å². The van der Waals surface area contributed by atoms with Crippen molar-refractivity contribution in [2.24, 2.45) is 0 Å². The van der Waals surface area contributed by atoms with E-state index in [-0.39, 0.29) is 30.0 Å². The van der Waals surface area contributed by atoms with Crippen LogP contribution >= 0.6 is 0 Å². The number of amides is 1. The number of aromatic nitrogens is 4. The summed E-state index contributed by atoms with van der Waals surface area (Å²) in [6, 6.07) is -1.57. The number of nitrogens with one attached hydrogen (secondary N) is 1. The Morgan fingerprint density at radius 2 is 1.85 bits per heavy atom. The molecule has 2 unspecified atom stereocenters. The van der Waals surface area contributed by atoms with Gasteiger partial charge in [0.25, 0.3) is 5.56 Å². The molecule has 0 aliphatic carbocycles. The Hall–Kier alpha value is -3.10. The van der Waals surface area contributed by atoms with Crippen molar-refractivity contribution >= 4 is 17.1 Å². The zero-order chi connectivity index (χ0) is 19.5. The second kappa shape index (κ2) is 5.70. The summed E-state index contributed by atoms with van der Waals surface area (Å²) in [4.78, 5) is 42.4. The van der Waals surface area contributed by atoms with E-state index in [1.165, 1.54) is 10.9 Å². The molecule has 2 bridgehead atoms. The predicted octanol–water partition coefficient (Wildman–Crippen LogP) is 0.472. The first-order valence-electron chi connectivity index (χ1n) is 8.24. The summed E-state index contributed by atoms with van der Waals surface area (Å²) < 4.78 is 40.7. The Morgan fingerprint density at radius 3 is 2.41 bits per heavy atom. The Morgan fingerprint density at radius 1 is 1.22 bits per heavy atom. The van der Waals surface area contributed by atoms with Crippen molar-refractivity contribution in [3.05, 3.63) is 27.2 Å². The number of hydrogen-bond acceptors (Lipinski definition) is 5. The molecule has 0 saturated carbocycles. The SMILES string of the molecule is N#Cn1c(=O)[nH]c(=O)c2ncn(C3CC4CCC(C3)N4C(=O)C(F)(F)F)c21. The molecule has 2 fully saturated rings. The van der Waals surface area contributed by atoms with E-state index in [1.807, 2.05) is 4.98 Å². The second-order valence-electron chi connectivity index (χ2n) is 6.74. The van der Waals surface area contributed by atoms with Gasteiger partial charge in [0.15, 0.2) is 17.4 Å². The Kier molecular flexibility index (Phi) is 3.66. The van der Waals surface area contributed by atoms with Crippen LogP contribution in [0.4, 0.5) is 13.2 Å². The van der Waals surface area contributed by atoms with Gasteiger partial charge in [0.1, 0.15) is 0 Å². The molecule has 4 rings (SSSR count). The Balaban J connectivity index is 1.74. The van der Waals surface area contributed by atoms with Crippen molar-refractivity contribution < 1.29 is 18.0 Å². The highest BCUT2D eigenvalue weighted by Gasteiger charge is 2.52. The zero-order valence-corrected chi connectivity index (χ0v) is 13.7. The summed E-state index contributed by atoms with van der Waals surface area (Å²) in [6.45, 7) is 0. The number of alkyl halides is 3. The monoisotopic (exact) mass is 382 g/mol. The molecule has 2 aliphatic rings. The average Bonchev–Trinajstić information content (AvgIpc) is 3.13. The molecule has 0 radical (unpaired) electrons. The van der Waals surface area contributed by atoms with Gasteiger partial charge in [-0.2, -0.15) is 23.0 Å². The summed E-state index contributed by atoms with van der Waals surface area (Å²) in [5, 5.41) is 9.24. The van der Waals surface area contributed by atoms with Gasteiger partial charge < -0.3 is 9.47 Å². The van der Waals surface area contributed by atoms with Crippen molar-refractivity contribution in [2.45, 2.75) is 50.0 Å². The van der Waals surface area contributed by atoms with Crippen LogP contribution in [0, 0.1) is 11.5 Å². The summed E-state index contributed by atoms with van der Waals surface area (Å²) in [5.74, 6) is -1.84. The van der Waals surface area contributed by atoms with Gasteiger partial charge in [-0.15, -0.1) is 0 Å². The van der Waals surface area contributed by atoms with Crippen molar-refractivity contribution in [3.8, 4) is 6.19 Å². The minimum absolute atomic E-state index is 0.00579. The fourth-order valence-corrected chi connectivity index (χ4v) is 4.26. The Labute approximate surface area is 148 Å². The van der Waals surface area contributed by atoms with Gasteiger partial charge in [-0.3, -0.25) is 14.6 Å². The largest absolute Gasteiger partial charge is 0.471 e. The molecular weight excluding hydrogens is 369 g/mol. The standard InChI is InChI=1S/C15H13F3N6O3/c16-15(17,18)13(26)24-7-1-2-8(24)4-9(3-7)23-6-20-10-11(25)21-14(27)22(5-19)12(10)23/h6-9H,1-4H2,(H,21,25,27). The predicted molar refractivity (Wildman–Crippen MR) is 83.6 cm³/mol. The number of imidazole rings is 1. The van der Waals surface area contributed by atoms with Gasteiger partial charge in [0.2, 0.25) is 0 Å². The number of nitriles is 1. The molecule has 2 aliphatic heterocycles. The maximum Gasteiger partial charge on any atom is 0.471 e. The van der Waals surface area contributed by atoms with Crippen LogP contribution in [0.5, 0.6) is 0 Å². The topological polar surface area (TPSA) is 117 Å². The molecule has 0 spiro atoms. The highest BCUT2D eigenvalue weighted by atomic mass is 19.4. The first kappa shape index (κ1) is 17.3. The van der Waals surface area contributed by atoms with Gasteiger partial charge in [-0.05, 0) is 25.7 Å².